The first-order valence-corrected chi connectivity index (χ1v) is 12.2. The highest BCUT2D eigenvalue weighted by atomic mass is 16.5. The largest absolute Gasteiger partial charge is 0.497 e. The average molecular weight is 489 g/mol. The van der Waals surface area contributed by atoms with Gasteiger partial charge in [0.15, 0.2) is 6.61 Å². The minimum Gasteiger partial charge on any atom is -0.497 e. The molecule has 0 unspecified atom stereocenters. The molecule has 0 bridgehead atoms. The first-order chi connectivity index (χ1) is 17.6. The normalized spacial score (nSPS) is 13.6. The van der Waals surface area contributed by atoms with Gasteiger partial charge in [-0.1, -0.05) is 30.3 Å². The second kappa shape index (κ2) is 12.6. The first-order valence-electron chi connectivity index (χ1n) is 12.2. The highest BCUT2D eigenvalue weighted by Gasteiger charge is 2.22. The number of benzene rings is 3. The molecule has 3 aromatic rings. The summed E-state index contributed by atoms with van der Waals surface area (Å²) >= 11 is 0. The van der Waals surface area contributed by atoms with E-state index in [4.69, 9.17) is 14.2 Å². The molecule has 7 nitrogen and oxygen atoms in total. The maximum Gasteiger partial charge on any atom is 0.260 e. The minimum absolute atomic E-state index is 0.0374. The number of amides is 2. The van der Waals surface area contributed by atoms with Crippen molar-refractivity contribution in [1.82, 2.24) is 9.80 Å². The number of carbonyl (C=O) groups excluding carboxylic acids is 2. The second-order valence-corrected chi connectivity index (χ2v) is 8.64. The van der Waals surface area contributed by atoms with Gasteiger partial charge in [0.25, 0.3) is 5.91 Å². The van der Waals surface area contributed by atoms with Crippen molar-refractivity contribution in [2.45, 2.75) is 19.3 Å². The van der Waals surface area contributed by atoms with E-state index < -0.39 is 0 Å². The Hall–Kier alpha value is -4.00. The van der Waals surface area contributed by atoms with Crippen molar-refractivity contribution < 1.29 is 23.8 Å². The van der Waals surface area contributed by atoms with E-state index in [1.165, 1.54) is 0 Å². The molecule has 0 aromatic heterocycles. The summed E-state index contributed by atoms with van der Waals surface area (Å²) in [6.07, 6.45) is 1.89. The van der Waals surface area contributed by atoms with Crippen LogP contribution in [-0.4, -0.2) is 61.5 Å². The number of hydrogen-bond donors (Lipinski definition) is 0. The van der Waals surface area contributed by atoms with Gasteiger partial charge in [0.1, 0.15) is 23.0 Å². The summed E-state index contributed by atoms with van der Waals surface area (Å²) in [5, 5.41) is 0. The molecular formula is C29H32N2O5. The fourth-order valence-corrected chi connectivity index (χ4v) is 4.08. The van der Waals surface area contributed by atoms with E-state index in [2.05, 4.69) is 0 Å². The summed E-state index contributed by atoms with van der Waals surface area (Å²) in [6.45, 7) is 2.30. The van der Waals surface area contributed by atoms with Crippen molar-refractivity contribution in [1.29, 1.82) is 0 Å². The summed E-state index contributed by atoms with van der Waals surface area (Å²) in [7, 11) is 1.64. The van der Waals surface area contributed by atoms with E-state index in [-0.39, 0.29) is 18.4 Å². The van der Waals surface area contributed by atoms with E-state index in [9.17, 15) is 9.59 Å². The van der Waals surface area contributed by atoms with Crippen molar-refractivity contribution in [2.75, 3.05) is 39.9 Å². The van der Waals surface area contributed by atoms with Gasteiger partial charge in [0.05, 0.1) is 7.11 Å². The summed E-state index contributed by atoms with van der Waals surface area (Å²) in [5.41, 5.74) is 1.10. The van der Waals surface area contributed by atoms with Crippen LogP contribution in [0.3, 0.4) is 0 Å². The number of nitrogens with zero attached hydrogens (tertiary/aromatic N) is 2. The predicted molar refractivity (Wildman–Crippen MR) is 138 cm³/mol. The molecule has 36 heavy (non-hydrogen) atoms. The lowest BCUT2D eigenvalue weighted by molar-refractivity contribution is -0.134. The lowest BCUT2D eigenvalue weighted by Crippen LogP contribution is -2.39. The van der Waals surface area contributed by atoms with Gasteiger partial charge < -0.3 is 24.0 Å². The molecular weight excluding hydrogens is 456 g/mol. The quantitative estimate of drug-likeness (QED) is 0.442. The summed E-state index contributed by atoms with van der Waals surface area (Å²) in [6, 6.07) is 24.5. The van der Waals surface area contributed by atoms with Gasteiger partial charge in [-0.15, -0.1) is 0 Å². The molecule has 1 aliphatic heterocycles. The molecule has 0 aliphatic carbocycles. The van der Waals surface area contributed by atoms with Crippen LogP contribution in [0.25, 0.3) is 0 Å². The van der Waals surface area contributed by atoms with E-state index in [0.29, 0.717) is 50.5 Å². The molecule has 0 N–H and O–H groups in total. The van der Waals surface area contributed by atoms with Crippen molar-refractivity contribution in [3.8, 4) is 23.0 Å². The zero-order valence-corrected chi connectivity index (χ0v) is 20.6. The smallest absolute Gasteiger partial charge is 0.260 e. The van der Waals surface area contributed by atoms with Gasteiger partial charge in [-0.2, -0.15) is 0 Å². The molecule has 3 aromatic carbocycles. The molecule has 0 saturated carbocycles. The highest BCUT2D eigenvalue weighted by molar-refractivity contribution is 5.79. The van der Waals surface area contributed by atoms with Gasteiger partial charge in [-0.05, 0) is 66.9 Å². The van der Waals surface area contributed by atoms with Crippen LogP contribution >= 0.6 is 0 Å². The Morgan fingerprint density at radius 3 is 1.94 bits per heavy atom. The summed E-state index contributed by atoms with van der Waals surface area (Å²) in [4.78, 5) is 29.1. The zero-order chi connectivity index (χ0) is 25.2. The number of hydrogen-bond acceptors (Lipinski definition) is 5. The van der Waals surface area contributed by atoms with Crippen LogP contribution in [0.4, 0.5) is 0 Å². The molecule has 1 aliphatic rings. The van der Waals surface area contributed by atoms with E-state index in [0.717, 1.165) is 23.5 Å². The minimum atomic E-state index is -0.0767. The van der Waals surface area contributed by atoms with Gasteiger partial charge >= 0.3 is 0 Å². The Morgan fingerprint density at radius 2 is 1.28 bits per heavy atom. The van der Waals surface area contributed by atoms with Crippen LogP contribution in [0, 0.1) is 0 Å². The maximum atomic E-state index is 12.7. The van der Waals surface area contributed by atoms with Gasteiger partial charge in [-0.25, -0.2) is 0 Å². The van der Waals surface area contributed by atoms with Crippen LogP contribution in [0.2, 0.25) is 0 Å². The third-order valence-electron chi connectivity index (χ3n) is 6.15. The zero-order valence-electron chi connectivity index (χ0n) is 20.6. The van der Waals surface area contributed by atoms with Crippen molar-refractivity contribution in [3.05, 3.63) is 84.4 Å². The Bertz CT molecular complexity index is 1120. The Morgan fingerprint density at radius 1 is 0.694 bits per heavy atom. The number of carbonyl (C=O) groups is 2. The first kappa shape index (κ1) is 25.1. The molecule has 0 spiro atoms. The van der Waals surface area contributed by atoms with E-state index in [1.54, 1.807) is 24.1 Å². The molecule has 2 amide bonds. The van der Waals surface area contributed by atoms with E-state index in [1.807, 2.05) is 71.6 Å². The standard InChI is InChI=1S/C29H32N2O5/c1-34-24-11-8-23(9-12-24)10-17-28(32)30-18-5-19-31(21-20-30)29(33)22-35-25-13-15-27(16-14-25)36-26-6-3-2-4-7-26/h2-4,6-9,11-16H,5,10,17-22H2,1H3. The highest BCUT2D eigenvalue weighted by Crippen LogP contribution is 2.23. The summed E-state index contributed by atoms with van der Waals surface area (Å²) in [5.74, 6) is 2.91. The number of ether oxygens (including phenoxy) is 3. The lowest BCUT2D eigenvalue weighted by atomic mass is 10.1. The van der Waals surface area contributed by atoms with Gasteiger partial charge in [0.2, 0.25) is 5.91 Å². The van der Waals surface area contributed by atoms with E-state index >= 15 is 0 Å². The van der Waals surface area contributed by atoms with Crippen LogP contribution in [0.15, 0.2) is 78.9 Å². The maximum absolute atomic E-state index is 12.7. The van der Waals surface area contributed by atoms with Crippen LogP contribution in [-0.2, 0) is 16.0 Å². The molecule has 188 valence electrons. The molecule has 0 radical (unpaired) electrons. The Kier molecular flexibility index (Phi) is 8.81. The molecule has 4 rings (SSSR count). The van der Waals surface area contributed by atoms with Crippen molar-refractivity contribution in [3.63, 3.8) is 0 Å². The third kappa shape index (κ3) is 7.25. The van der Waals surface area contributed by atoms with Gasteiger partial charge in [-0.3, -0.25) is 9.59 Å². The lowest BCUT2D eigenvalue weighted by Gasteiger charge is -2.22. The summed E-state index contributed by atoms with van der Waals surface area (Å²) < 4.78 is 16.7. The molecule has 1 fully saturated rings. The van der Waals surface area contributed by atoms with Gasteiger partial charge in [0, 0.05) is 32.6 Å². The number of rotatable bonds is 9. The number of methoxy groups -OCH3 is 1. The second-order valence-electron chi connectivity index (χ2n) is 8.64. The molecule has 0 atom stereocenters. The third-order valence-corrected chi connectivity index (χ3v) is 6.15. The topological polar surface area (TPSA) is 68.3 Å². The van der Waals surface area contributed by atoms with Crippen LogP contribution in [0.1, 0.15) is 18.4 Å². The number of aryl methyl sites for hydroxylation is 1. The van der Waals surface area contributed by atoms with Crippen molar-refractivity contribution >= 4 is 11.8 Å². The fraction of sp³-hybridized carbons (Fsp3) is 0.310. The Balaban J connectivity index is 1.19. The molecule has 1 saturated heterocycles. The average Bonchev–Trinajstić information content (AvgIpc) is 3.19. The number of para-hydroxylation sites is 1. The van der Waals surface area contributed by atoms with Crippen LogP contribution < -0.4 is 14.2 Å². The monoisotopic (exact) mass is 488 g/mol. The SMILES string of the molecule is COc1ccc(CCC(=O)N2CCCN(C(=O)COc3ccc(Oc4ccccc4)cc3)CC2)cc1. The van der Waals surface area contributed by atoms with Crippen LogP contribution in [0.5, 0.6) is 23.0 Å². The Labute approximate surface area is 212 Å². The fourth-order valence-electron chi connectivity index (χ4n) is 4.08. The predicted octanol–water partition coefficient (Wildman–Crippen LogP) is 4.56. The van der Waals surface area contributed by atoms with Crippen molar-refractivity contribution in [2.24, 2.45) is 0 Å². The molecule has 7 heteroatoms. The molecule has 1 heterocycles.